The van der Waals surface area contributed by atoms with Gasteiger partial charge in [-0.25, -0.2) is 0 Å². The molecule has 0 saturated heterocycles. The van der Waals surface area contributed by atoms with Crippen LogP contribution in [0.15, 0.2) is 0 Å². The lowest BCUT2D eigenvalue weighted by Gasteiger charge is -2.64. The highest BCUT2D eigenvalue weighted by molar-refractivity contribution is 5.53. The summed E-state index contributed by atoms with van der Waals surface area (Å²) in [5, 5.41) is 22.0. The van der Waals surface area contributed by atoms with Gasteiger partial charge in [-0.1, -0.05) is 34.1 Å². The fraction of sp³-hybridized carbons (Fsp3) is 0.958. The maximum atomic E-state index is 11.6. The third-order valence-electron chi connectivity index (χ3n) is 10.3. The molecule has 0 amide bonds. The number of rotatable bonds is 3. The maximum Gasteiger partial charge on any atom is 0.123 e. The van der Waals surface area contributed by atoms with Gasteiger partial charge in [0.1, 0.15) is 6.29 Å². The van der Waals surface area contributed by atoms with E-state index in [4.69, 9.17) is 0 Å². The summed E-state index contributed by atoms with van der Waals surface area (Å²) in [7, 11) is 0. The van der Waals surface area contributed by atoms with Crippen LogP contribution in [0.5, 0.6) is 0 Å². The standard InChI is InChI=1S/C24H40O3/c1-5-16-20-12-15(26)8-10-24(20,4)19-9-11-23(3)17(14(2)13-25)6-7-18(23)21(19)22(16)27/h13-22,26-27H,5-12H2,1-4H3/t14-,15-,16-,17-,18?,19?,20+,21?,22-,23-,24-/m1/s1. The Morgan fingerprint density at radius 2 is 1.67 bits per heavy atom. The molecule has 3 heteroatoms. The summed E-state index contributed by atoms with van der Waals surface area (Å²) in [6.45, 7) is 9.24. The van der Waals surface area contributed by atoms with Gasteiger partial charge >= 0.3 is 0 Å². The zero-order valence-electron chi connectivity index (χ0n) is 17.7. The van der Waals surface area contributed by atoms with Crippen LogP contribution in [-0.2, 0) is 4.79 Å². The molecular weight excluding hydrogens is 336 g/mol. The van der Waals surface area contributed by atoms with Gasteiger partial charge in [-0.2, -0.15) is 0 Å². The smallest absolute Gasteiger partial charge is 0.123 e. The zero-order valence-corrected chi connectivity index (χ0v) is 17.7. The number of carbonyl (C=O) groups is 1. The molecule has 0 aromatic rings. The van der Waals surface area contributed by atoms with Crippen LogP contribution in [0.1, 0.15) is 79.1 Å². The lowest BCUT2D eigenvalue weighted by molar-refractivity contribution is -0.203. The number of fused-ring (bicyclic) bond motifs is 5. The quantitative estimate of drug-likeness (QED) is 0.716. The molecule has 154 valence electrons. The second-order valence-corrected chi connectivity index (χ2v) is 11.1. The second-order valence-electron chi connectivity index (χ2n) is 11.1. The third-order valence-corrected chi connectivity index (χ3v) is 10.3. The molecule has 11 atom stereocenters. The van der Waals surface area contributed by atoms with E-state index in [2.05, 4.69) is 27.7 Å². The van der Waals surface area contributed by atoms with E-state index in [1.54, 1.807) is 0 Å². The van der Waals surface area contributed by atoms with Crippen molar-refractivity contribution in [2.24, 2.45) is 52.3 Å². The molecule has 4 rings (SSSR count). The Morgan fingerprint density at radius 1 is 1.00 bits per heavy atom. The van der Waals surface area contributed by atoms with Crippen molar-refractivity contribution in [3.8, 4) is 0 Å². The molecule has 0 heterocycles. The molecule has 27 heavy (non-hydrogen) atoms. The van der Waals surface area contributed by atoms with Crippen LogP contribution < -0.4 is 0 Å². The van der Waals surface area contributed by atoms with E-state index in [0.717, 1.165) is 38.4 Å². The Kier molecular flexibility index (Phi) is 5.03. The summed E-state index contributed by atoms with van der Waals surface area (Å²) in [5.41, 5.74) is 0.470. The highest BCUT2D eigenvalue weighted by atomic mass is 16.3. The van der Waals surface area contributed by atoms with E-state index in [-0.39, 0.29) is 29.0 Å². The minimum atomic E-state index is -0.238. The molecule has 0 aliphatic heterocycles. The molecule has 0 aromatic heterocycles. The summed E-state index contributed by atoms with van der Waals surface area (Å²) in [5.74, 6) is 2.90. The Morgan fingerprint density at radius 3 is 2.33 bits per heavy atom. The lowest BCUT2D eigenvalue weighted by atomic mass is 9.41. The van der Waals surface area contributed by atoms with Gasteiger partial charge in [0.15, 0.2) is 0 Å². The van der Waals surface area contributed by atoms with E-state index in [0.29, 0.717) is 35.5 Å². The minimum absolute atomic E-state index is 0.132. The van der Waals surface area contributed by atoms with Gasteiger partial charge in [-0.05, 0) is 91.3 Å². The van der Waals surface area contributed by atoms with Gasteiger partial charge in [-0.15, -0.1) is 0 Å². The van der Waals surface area contributed by atoms with Gasteiger partial charge in [0.05, 0.1) is 12.2 Å². The van der Waals surface area contributed by atoms with Gasteiger partial charge in [0.25, 0.3) is 0 Å². The minimum Gasteiger partial charge on any atom is -0.393 e. The first-order valence-corrected chi connectivity index (χ1v) is 11.6. The first kappa shape index (κ1) is 19.9. The van der Waals surface area contributed by atoms with Crippen molar-refractivity contribution < 1.29 is 15.0 Å². The molecule has 3 nitrogen and oxygen atoms in total. The topological polar surface area (TPSA) is 57.5 Å². The Hall–Kier alpha value is -0.410. The van der Waals surface area contributed by atoms with Crippen LogP contribution in [0.3, 0.4) is 0 Å². The molecule has 4 aliphatic rings. The maximum absolute atomic E-state index is 11.6. The first-order chi connectivity index (χ1) is 12.8. The van der Waals surface area contributed by atoms with Gasteiger partial charge in [-0.3, -0.25) is 0 Å². The lowest BCUT2D eigenvalue weighted by Crippen LogP contribution is -2.62. The predicted molar refractivity (Wildman–Crippen MR) is 107 cm³/mol. The van der Waals surface area contributed by atoms with Crippen LogP contribution >= 0.6 is 0 Å². The molecule has 2 N–H and O–H groups in total. The number of aldehydes is 1. The van der Waals surface area contributed by atoms with Crippen LogP contribution in [0, 0.1) is 52.3 Å². The van der Waals surface area contributed by atoms with Crippen LogP contribution in [0.25, 0.3) is 0 Å². The van der Waals surface area contributed by atoms with Crippen molar-refractivity contribution in [2.45, 2.75) is 91.3 Å². The van der Waals surface area contributed by atoms with Crippen LogP contribution in [0.2, 0.25) is 0 Å². The van der Waals surface area contributed by atoms with E-state index in [1.807, 2.05) is 0 Å². The summed E-state index contributed by atoms with van der Waals surface area (Å²) in [6.07, 6.45) is 9.39. The zero-order chi connectivity index (χ0) is 19.6. The van der Waals surface area contributed by atoms with Crippen LogP contribution in [-0.4, -0.2) is 28.7 Å². The van der Waals surface area contributed by atoms with Crippen LogP contribution in [0.4, 0.5) is 0 Å². The molecule has 4 fully saturated rings. The highest BCUT2D eigenvalue weighted by Crippen LogP contribution is 2.69. The van der Waals surface area contributed by atoms with E-state index >= 15 is 0 Å². The van der Waals surface area contributed by atoms with E-state index < -0.39 is 0 Å². The van der Waals surface area contributed by atoms with Crippen molar-refractivity contribution in [2.75, 3.05) is 0 Å². The number of hydrogen-bond acceptors (Lipinski definition) is 3. The van der Waals surface area contributed by atoms with Crippen molar-refractivity contribution in [3.63, 3.8) is 0 Å². The predicted octanol–water partition coefficient (Wildman–Crippen LogP) is 4.45. The molecule has 3 unspecified atom stereocenters. The summed E-state index contributed by atoms with van der Waals surface area (Å²) >= 11 is 0. The Balaban J connectivity index is 1.70. The monoisotopic (exact) mass is 376 g/mol. The van der Waals surface area contributed by atoms with Crippen molar-refractivity contribution in [1.82, 2.24) is 0 Å². The van der Waals surface area contributed by atoms with E-state index in [9.17, 15) is 15.0 Å². The molecule has 0 bridgehead atoms. The summed E-state index contributed by atoms with van der Waals surface area (Å²) < 4.78 is 0. The fourth-order valence-electron chi connectivity index (χ4n) is 8.96. The van der Waals surface area contributed by atoms with Gasteiger partial charge < -0.3 is 15.0 Å². The highest BCUT2D eigenvalue weighted by Gasteiger charge is 2.64. The summed E-state index contributed by atoms with van der Waals surface area (Å²) in [4.78, 5) is 11.6. The van der Waals surface area contributed by atoms with Crippen molar-refractivity contribution in [1.29, 1.82) is 0 Å². The number of aliphatic hydroxyl groups excluding tert-OH is 2. The average molecular weight is 377 g/mol. The third kappa shape index (κ3) is 2.70. The average Bonchev–Trinajstić information content (AvgIpc) is 3.00. The van der Waals surface area contributed by atoms with Crippen molar-refractivity contribution >= 4 is 6.29 Å². The molecule has 0 radical (unpaired) electrons. The largest absolute Gasteiger partial charge is 0.393 e. The SMILES string of the molecule is CC[C@H]1[C@@H](O)C2C3CC[C@H]([C@H](C)C=O)[C@@]3(C)CCC2[C@@]2(C)CC[C@@H](O)C[C@@H]12. The molecular formula is C24H40O3. The normalized spacial score (nSPS) is 55.9. The van der Waals surface area contributed by atoms with Gasteiger partial charge in [0, 0.05) is 5.92 Å². The number of aliphatic hydroxyl groups is 2. The Bertz CT molecular complexity index is 576. The number of carbonyl (C=O) groups excluding carboxylic acids is 1. The fourth-order valence-corrected chi connectivity index (χ4v) is 8.96. The van der Waals surface area contributed by atoms with Gasteiger partial charge in [0.2, 0.25) is 0 Å². The molecule has 0 spiro atoms. The molecule has 4 saturated carbocycles. The number of hydrogen-bond donors (Lipinski definition) is 2. The first-order valence-electron chi connectivity index (χ1n) is 11.6. The van der Waals surface area contributed by atoms with E-state index in [1.165, 1.54) is 19.3 Å². The Labute approximate surface area is 165 Å². The van der Waals surface area contributed by atoms with Crippen molar-refractivity contribution in [3.05, 3.63) is 0 Å². The second kappa shape index (κ2) is 6.83. The molecule has 0 aromatic carbocycles. The summed E-state index contributed by atoms with van der Waals surface area (Å²) in [6, 6.07) is 0. The molecule has 4 aliphatic carbocycles.